The van der Waals surface area contributed by atoms with E-state index < -0.39 is 0 Å². The van der Waals surface area contributed by atoms with E-state index in [9.17, 15) is 0 Å². The summed E-state index contributed by atoms with van der Waals surface area (Å²) in [6.07, 6.45) is 7.22. The van der Waals surface area contributed by atoms with Gasteiger partial charge in [0.05, 0.1) is 0 Å². The van der Waals surface area contributed by atoms with E-state index in [0.29, 0.717) is 10.8 Å². The second kappa shape index (κ2) is 7.49. The fourth-order valence-corrected chi connectivity index (χ4v) is 3.03. The number of hydrogen-bond acceptors (Lipinski definition) is 0. The third-order valence-electron chi connectivity index (χ3n) is 5.87. The molecule has 0 spiro atoms. The maximum Gasteiger partial charge on any atom is -0.00525 e. The van der Waals surface area contributed by atoms with E-state index in [4.69, 9.17) is 0 Å². The van der Waals surface area contributed by atoms with Crippen LogP contribution in [0.4, 0.5) is 0 Å². The largest absolute Gasteiger partial charge is 0.0683 e. The summed E-state index contributed by atoms with van der Waals surface area (Å²) in [6, 6.07) is 7.17. The number of rotatable bonds is 5. The van der Waals surface area contributed by atoms with Gasteiger partial charge in [-0.1, -0.05) is 85.2 Å². The Bertz CT molecular complexity index is 513. The molecule has 0 atom stereocenters. The first-order valence-electron chi connectivity index (χ1n) is 9.20. The predicted molar refractivity (Wildman–Crippen MR) is 101 cm³/mol. The Labute approximate surface area is 139 Å². The van der Waals surface area contributed by atoms with Crippen LogP contribution in [0.1, 0.15) is 91.3 Å². The Morgan fingerprint density at radius 2 is 1.50 bits per heavy atom. The minimum Gasteiger partial charge on any atom is -0.0683 e. The van der Waals surface area contributed by atoms with Gasteiger partial charge in [0, 0.05) is 0 Å². The smallest absolute Gasteiger partial charge is 0.00525 e. The van der Waals surface area contributed by atoms with E-state index in [1.165, 1.54) is 36.0 Å². The summed E-state index contributed by atoms with van der Waals surface area (Å²) in [4.78, 5) is 0. The van der Waals surface area contributed by atoms with Crippen molar-refractivity contribution in [3.8, 4) is 0 Å². The number of benzene rings is 1. The van der Waals surface area contributed by atoms with Crippen LogP contribution in [0, 0.1) is 5.41 Å². The van der Waals surface area contributed by atoms with Crippen LogP contribution >= 0.6 is 0 Å². The Kier molecular flexibility index (Phi) is 6.47. The maximum atomic E-state index is 2.45. The van der Waals surface area contributed by atoms with Gasteiger partial charge in [0.25, 0.3) is 0 Å². The van der Waals surface area contributed by atoms with Crippen LogP contribution in [-0.2, 0) is 11.8 Å². The summed E-state index contributed by atoms with van der Waals surface area (Å²) < 4.78 is 0. The predicted octanol–water partition coefficient (Wildman–Crippen LogP) is 7.17. The Balaban J connectivity index is 0.00000116. The topological polar surface area (TPSA) is 0 Å². The second-order valence-corrected chi connectivity index (χ2v) is 7.27. The van der Waals surface area contributed by atoms with Crippen molar-refractivity contribution < 1.29 is 0 Å². The van der Waals surface area contributed by atoms with Gasteiger partial charge in [-0.05, 0) is 53.2 Å². The lowest BCUT2D eigenvalue weighted by molar-refractivity contribution is 0.425. The number of hydrogen-bond donors (Lipinski definition) is 0. The molecule has 124 valence electrons. The molecule has 1 aromatic rings. The standard InChI is InChI=1S/C20H30.C2H6/c1-7-19(4,5)18-12-15-10-11-17(13-16(15)14-18)20(6,8-2)9-3;1-2/h10-11,13-14H,7-9,12H2,1-6H3;1-2H3. The van der Waals surface area contributed by atoms with Crippen LogP contribution < -0.4 is 0 Å². The summed E-state index contributed by atoms with van der Waals surface area (Å²) >= 11 is 0. The van der Waals surface area contributed by atoms with Gasteiger partial charge in [0.2, 0.25) is 0 Å². The van der Waals surface area contributed by atoms with Gasteiger partial charge in [-0.25, -0.2) is 0 Å². The maximum absolute atomic E-state index is 2.45. The van der Waals surface area contributed by atoms with Gasteiger partial charge < -0.3 is 0 Å². The fraction of sp³-hybridized carbons (Fsp3) is 0.636. The molecule has 0 unspecified atom stereocenters. The zero-order chi connectivity index (χ0) is 17.0. The number of allylic oxidation sites excluding steroid dienone is 1. The van der Waals surface area contributed by atoms with E-state index >= 15 is 0 Å². The minimum atomic E-state index is 0.325. The SMILES string of the molecule is CC.CCC(C)(C)C1=Cc2cc(C(C)(CC)CC)ccc2C1. The quantitative estimate of drug-likeness (QED) is 0.541. The van der Waals surface area contributed by atoms with Crippen LogP contribution in [-0.4, -0.2) is 0 Å². The van der Waals surface area contributed by atoms with Crippen molar-refractivity contribution in [3.63, 3.8) is 0 Å². The molecule has 0 aromatic heterocycles. The van der Waals surface area contributed by atoms with Crippen molar-refractivity contribution in [3.05, 3.63) is 40.5 Å². The molecule has 0 saturated heterocycles. The van der Waals surface area contributed by atoms with E-state index in [2.05, 4.69) is 65.8 Å². The molecule has 1 aliphatic rings. The van der Waals surface area contributed by atoms with E-state index in [-0.39, 0.29) is 0 Å². The monoisotopic (exact) mass is 300 g/mol. The molecule has 22 heavy (non-hydrogen) atoms. The highest BCUT2D eigenvalue weighted by Crippen LogP contribution is 2.40. The Hall–Kier alpha value is -1.04. The molecular formula is C22H36. The lowest BCUT2D eigenvalue weighted by Gasteiger charge is -2.27. The highest BCUT2D eigenvalue weighted by Gasteiger charge is 2.28. The highest BCUT2D eigenvalue weighted by molar-refractivity contribution is 5.66. The molecule has 0 bridgehead atoms. The van der Waals surface area contributed by atoms with Gasteiger partial charge in [0.1, 0.15) is 0 Å². The third-order valence-corrected chi connectivity index (χ3v) is 5.87. The third kappa shape index (κ3) is 3.65. The summed E-state index contributed by atoms with van der Waals surface area (Å²) in [5, 5.41) is 0. The molecule has 0 heteroatoms. The lowest BCUT2D eigenvalue weighted by atomic mass is 9.77. The number of fused-ring (bicyclic) bond motifs is 1. The van der Waals surface area contributed by atoms with Crippen molar-refractivity contribution in [1.82, 2.24) is 0 Å². The average molecular weight is 301 g/mol. The average Bonchev–Trinajstić information content (AvgIpc) is 3.00. The lowest BCUT2D eigenvalue weighted by Crippen LogP contribution is -2.19. The first-order valence-corrected chi connectivity index (χ1v) is 9.20. The van der Waals surface area contributed by atoms with Crippen molar-refractivity contribution in [1.29, 1.82) is 0 Å². The molecule has 0 saturated carbocycles. The zero-order valence-electron chi connectivity index (χ0n) is 16.1. The Morgan fingerprint density at radius 1 is 0.909 bits per heavy atom. The molecule has 0 radical (unpaired) electrons. The molecule has 1 aromatic carbocycles. The van der Waals surface area contributed by atoms with Crippen LogP contribution in [0.5, 0.6) is 0 Å². The molecule has 0 nitrogen and oxygen atoms in total. The molecule has 0 amide bonds. The van der Waals surface area contributed by atoms with E-state index in [1.807, 2.05) is 13.8 Å². The minimum absolute atomic E-state index is 0.325. The van der Waals surface area contributed by atoms with Crippen LogP contribution in [0.2, 0.25) is 0 Å². The van der Waals surface area contributed by atoms with Crippen molar-refractivity contribution in [2.75, 3.05) is 0 Å². The first-order chi connectivity index (χ1) is 10.4. The van der Waals surface area contributed by atoms with Gasteiger partial charge in [-0.3, -0.25) is 0 Å². The molecule has 0 N–H and O–H groups in total. The molecule has 0 aliphatic heterocycles. The second-order valence-electron chi connectivity index (χ2n) is 7.27. The summed E-state index contributed by atoms with van der Waals surface area (Å²) in [5.41, 5.74) is 6.74. The van der Waals surface area contributed by atoms with Gasteiger partial charge >= 0.3 is 0 Å². The molecule has 0 heterocycles. The molecule has 0 fully saturated rings. The summed E-state index contributed by atoms with van der Waals surface area (Å²) in [6.45, 7) is 18.0. The van der Waals surface area contributed by atoms with Gasteiger partial charge in [0.15, 0.2) is 0 Å². The fourth-order valence-electron chi connectivity index (χ4n) is 3.03. The van der Waals surface area contributed by atoms with E-state index in [0.717, 1.165) is 6.42 Å². The highest BCUT2D eigenvalue weighted by atomic mass is 14.3. The van der Waals surface area contributed by atoms with Crippen molar-refractivity contribution in [2.45, 2.75) is 86.5 Å². The van der Waals surface area contributed by atoms with Gasteiger partial charge in [-0.2, -0.15) is 0 Å². The van der Waals surface area contributed by atoms with Crippen LogP contribution in [0.25, 0.3) is 6.08 Å². The van der Waals surface area contributed by atoms with Crippen molar-refractivity contribution in [2.24, 2.45) is 5.41 Å². The normalized spacial score (nSPS) is 14.1. The zero-order valence-corrected chi connectivity index (χ0v) is 16.1. The van der Waals surface area contributed by atoms with Crippen LogP contribution in [0.3, 0.4) is 0 Å². The first kappa shape index (κ1) is 19.0. The van der Waals surface area contributed by atoms with Crippen LogP contribution in [0.15, 0.2) is 23.8 Å². The van der Waals surface area contributed by atoms with E-state index in [1.54, 1.807) is 5.57 Å². The molecule has 2 rings (SSSR count). The Morgan fingerprint density at radius 3 is 2.00 bits per heavy atom. The summed E-state index contributed by atoms with van der Waals surface area (Å²) in [7, 11) is 0. The molecular weight excluding hydrogens is 264 g/mol. The van der Waals surface area contributed by atoms with Crippen molar-refractivity contribution >= 4 is 6.08 Å². The molecule has 1 aliphatic carbocycles. The summed E-state index contributed by atoms with van der Waals surface area (Å²) in [5.74, 6) is 0. The van der Waals surface area contributed by atoms with Gasteiger partial charge in [-0.15, -0.1) is 0 Å².